The number of aromatic nitrogens is 2. The van der Waals surface area contributed by atoms with E-state index in [0.29, 0.717) is 11.6 Å². The van der Waals surface area contributed by atoms with E-state index in [1.165, 1.54) is 12.4 Å². The highest BCUT2D eigenvalue weighted by atomic mass is 19.1. The molecular weight excluding hydrogens is 221 g/mol. The first-order chi connectivity index (χ1) is 8.06. The Morgan fingerprint density at radius 2 is 1.94 bits per heavy atom. The highest BCUT2D eigenvalue weighted by molar-refractivity contribution is 5.50. The van der Waals surface area contributed by atoms with Crippen LogP contribution in [0.4, 0.5) is 10.1 Å². The molecule has 0 radical (unpaired) electrons. The summed E-state index contributed by atoms with van der Waals surface area (Å²) in [4.78, 5) is 7.83. The van der Waals surface area contributed by atoms with E-state index >= 15 is 0 Å². The number of anilines is 1. The van der Waals surface area contributed by atoms with Crippen molar-refractivity contribution in [2.45, 2.75) is 13.8 Å². The van der Waals surface area contributed by atoms with Gasteiger partial charge in [-0.05, 0) is 25.5 Å². The van der Waals surface area contributed by atoms with Crippen LogP contribution in [0.3, 0.4) is 0 Å². The van der Waals surface area contributed by atoms with Gasteiger partial charge in [0.25, 0.3) is 0 Å². The number of hydrogen-bond acceptors (Lipinski definition) is 4. The number of nitrogen functional groups attached to an aromatic ring is 1. The van der Waals surface area contributed by atoms with Crippen LogP contribution in [0.5, 0.6) is 11.6 Å². The number of nitrogens with two attached hydrogens (primary N) is 1. The molecule has 1 heterocycles. The molecule has 0 spiro atoms. The molecule has 2 aromatic rings. The number of benzene rings is 1. The second kappa shape index (κ2) is 4.37. The monoisotopic (exact) mass is 233 g/mol. The predicted octanol–water partition coefficient (Wildman–Crippen LogP) is 2.61. The lowest BCUT2D eigenvalue weighted by molar-refractivity contribution is 0.426. The van der Waals surface area contributed by atoms with Gasteiger partial charge in [-0.1, -0.05) is 0 Å². The minimum atomic E-state index is -0.510. The minimum absolute atomic E-state index is 0.106. The van der Waals surface area contributed by atoms with Crippen LogP contribution < -0.4 is 10.5 Å². The van der Waals surface area contributed by atoms with E-state index in [-0.39, 0.29) is 5.75 Å². The molecule has 4 nitrogen and oxygen atoms in total. The molecule has 1 aromatic heterocycles. The van der Waals surface area contributed by atoms with Gasteiger partial charge < -0.3 is 10.5 Å². The highest BCUT2D eigenvalue weighted by Gasteiger charge is 2.08. The lowest BCUT2D eigenvalue weighted by Gasteiger charge is -2.08. The second-order valence-corrected chi connectivity index (χ2v) is 3.74. The van der Waals surface area contributed by atoms with Gasteiger partial charge in [0.05, 0.1) is 0 Å². The SMILES string of the molecule is Cc1cc(Oc2cc(C)c(N)cc2F)ncn1. The van der Waals surface area contributed by atoms with Crippen LogP contribution in [0, 0.1) is 19.7 Å². The maximum Gasteiger partial charge on any atom is 0.222 e. The minimum Gasteiger partial charge on any atom is -0.436 e. The van der Waals surface area contributed by atoms with Crippen molar-refractivity contribution in [2.75, 3.05) is 5.73 Å². The van der Waals surface area contributed by atoms with Gasteiger partial charge in [0, 0.05) is 23.5 Å². The molecule has 0 aliphatic rings. The molecule has 0 bridgehead atoms. The third kappa shape index (κ3) is 2.50. The fraction of sp³-hybridized carbons (Fsp3) is 0.167. The highest BCUT2D eigenvalue weighted by Crippen LogP contribution is 2.27. The maximum atomic E-state index is 13.6. The van der Waals surface area contributed by atoms with E-state index < -0.39 is 5.82 Å². The standard InChI is InChI=1S/C12H12FN3O/c1-7-3-11(9(13)5-10(7)14)17-12-4-8(2)15-6-16-12/h3-6H,14H2,1-2H3. The van der Waals surface area contributed by atoms with Gasteiger partial charge in [-0.15, -0.1) is 0 Å². The van der Waals surface area contributed by atoms with Gasteiger partial charge in [-0.25, -0.2) is 14.4 Å². The third-order valence-corrected chi connectivity index (χ3v) is 2.31. The van der Waals surface area contributed by atoms with E-state index in [0.717, 1.165) is 11.3 Å². The Morgan fingerprint density at radius 3 is 2.65 bits per heavy atom. The van der Waals surface area contributed by atoms with Crippen LogP contribution in [0.15, 0.2) is 24.5 Å². The molecule has 0 saturated carbocycles. The molecule has 88 valence electrons. The van der Waals surface area contributed by atoms with Crippen molar-refractivity contribution < 1.29 is 9.13 Å². The van der Waals surface area contributed by atoms with Gasteiger partial charge in [-0.3, -0.25) is 0 Å². The lowest BCUT2D eigenvalue weighted by Crippen LogP contribution is -1.96. The summed E-state index contributed by atoms with van der Waals surface area (Å²) in [5, 5.41) is 0. The Labute approximate surface area is 98.3 Å². The Balaban J connectivity index is 2.33. The van der Waals surface area contributed by atoms with Crippen molar-refractivity contribution in [3.05, 3.63) is 41.6 Å². The number of aryl methyl sites for hydroxylation is 2. The van der Waals surface area contributed by atoms with Crippen molar-refractivity contribution in [2.24, 2.45) is 0 Å². The van der Waals surface area contributed by atoms with E-state index in [1.807, 2.05) is 0 Å². The normalized spacial score (nSPS) is 10.3. The molecule has 0 saturated heterocycles. The van der Waals surface area contributed by atoms with Crippen LogP contribution in [0.1, 0.15) is 11.3 Å². The predicted molar refractivity (Wildman–Crippen MR) is 62.4 cm³/mol. The topological polar surface area (TPSA) is 61.0 Å². The molecule has 0 unspecified atom stereocenters. The summed E-state index contributed by atoms with van der Waals surface area (Å²) in [6.45, 7) is 3.59. The number of halogens is 1. The van der Waals surface area contributed by atoms with Gasteiger partial charge in [0.1, 0.15) is 6.33 Å². The van der Waals surface area contributed by atoms with Crippen molar-refractivity contribution in [1.82, 2.24) is 9.97 Å². The van der Waals surface area contributed by atoms with Gasteiger partial charge in [-0.2, -0.15) is 0 Å². The Kier molecular flexibility index (Phi) is 2.91. The average molecular weight is 233 g/mol. The summed E-state index contributed by atoms with van der Waals surface area (Å²) in [5.41, 5.74) is 7.49. The number of hydrogen-bond donors (Lipinski definition) is 1. The smallest absolute Gasteiger partial charge is 0.222 e. The molecule has 2 N–H and O–H groups in total. The summed E-state index contributed by atoms with van der Waals surface area (Å²) in [5.74, 6) is -0.0975. The van der Waals surface area contributed by atoms with Crippen LogP contribution in [-0.4, -0.2) is 9.97 Å². The first-order valence-corrected chi connectivity index (χ1v) is 5.08. The van der Waals surface area contributed by atoms with E-state index in [4.69, 9.17) is 10.5 Å². The molecule has 0 amide bonds. The van der Waals surface area contributed by atoms with Crippen LogP contribution >= 0.6 is 0 Å². The average Bonchev–Trinajstić information content (AvgIpc) is 2.26. The zero-order valence-electron chi connectivity index (χ0n) is 9.57. The van der Waals surface area contributed by atoms with Crippen LogP contribution in [-0.2, 0) is 0 Å². The number of rotatable bonds is 2. The van der Waals surface area contributed by atoms with Gasteiger partial charge >= 0.3 is 0 Å². The van der Waals surface area contributed by atoms with Crippen molar-refractivity contribution in [3.8, 4) is 11.6 Å². The Bertz CT molecular complexity index is 557. The summed E-state index contributed by atoms with van der Waals surface area (Å²) in [7, 11) is 0. The molecule has 0 aliphatic carbocycles. The molecule has 2 rings (SSSR count). The zero-order valence-corrected chi connectivity index (χ0v) is 9.57. The molecule has 5 heteroatoms. The Hall–Kier alpha value is -2.17. The van der Waals surface area contributed by atoms with Crippen LogP contribution in [0.2, 0.25) is 0 Å². The summed E-state index contributed by atoms with van der Waals surface area (Å²) in [6, 6.07) is 4.41. The van der Waals surface area contributed by atoms with E-state index in [9.17, 15) is 4.39 Å². The zero-order chi connectivity index (χ0) is 12.4. The lowest BCUT2D eigenvalue weighted by atomic mass is 10.2. The van der Waals surface area contributed by atoms with Gasteiger partial charge in [0.2, 0.25) is 5.88 Å². The fourth-order valence-electron chi connectivity index (χ4n) is 1.35. The quantitative estimate of drug-likeness (QED) is 0.810. The summed E-state index contributed by atoms with van der Waals surface area (Å²) >= 11 is 0. The molecule has 0 aliphatic heterocycles. The molecular formula is C12H12FN3O. The van der Waals surface area contributed by atoms with Crippen molar-refractivity contribution >= 4 is 5.69 Å². The molecule has 0 fully saturated rings. The van der Waals surface area contributed by atoms with Crippen LogP contribution in [0.25, 0.3) is 0 Å². The largest absolute Gasteiger partial charge is 0.436 e. The number of nitrogens with zero attached hydrogens (tertiary/aromatic N) is 2. The maximum absolute atomic E-state index is 13.6. The Morgan fingerprint density at radius 1 is 1.18 bits per heavy atom. The fourth-order valence-corrected chi connectivity index (χ4v) is 1.35. The summed E-state index contributed by atoms with van der Waals surface area (Å²) in [6.07, 6.45) is 1.37. The number of ether oxygens (including phenoxy) is 1. The third-order valence-electron chi connectivity index (χ3n) is 2.31. The molecule has 0 atom stereocenters. The van der Waals surface area contributed by atoms with Crippen molar-refractivity contribution in [1.29, 1.82) is 0 Å². The molecule has 1 aromatic carbocycles. The van der Waals surface area contributed by atoms with E-state index in [2.05, 4.69) is 9.97 Å². The van der Waals surface area contributed by atoms with Crippen molar-refractivity contribution in [3.63, 3.8) is 0 Å². The van der Waals surface area contributed by atoms with E-state index in [1.54, 1.807) is 26.0 Å². The first kappa shape index (κ1) is 11.3. The van der Waals surface area contributed by atoms with Gasteiger partial charge in [0.15, 0.2) is 11.6 Å². The first-order valence-electron chi connectivity index (χ1n) is 5.08. The molecule has 17 heavy (non-hydrogen) atoms. The summed E-state index contributed by atoms with van der Waals surface area (Å²) < 4.78 is 18.9. The second-order valence-electron chi connectivity index (χ2n) is 3.74.